The van der Waals surface area contributed by atoms with Gasteiger partial charge in [0, 0.05) is 31.7 Å². The van der Waals surface area contributed by atoms with E-state index in [4.69, 9.17) is 5.26 Å². The van der Waals surface area contributed by atoms with Gasteiger partial charge in [-0.3, -0.25) is 4.90 Å². The van der Waals surface area contributed by atoms with Crippen molar-refractivity contribution in [1.82, 2.24) is 10.2 Å². The lowest BCUT2D eigenvalue weighted by Gasteiger charge is -2.34. The highest BCUT2D eigenvalue weighted by molar-refractivity contribution is 5.85. The molecule has 1 N–H and O–H groups in total. The van der Waals surface area contributed by atoms with Gasteiger partial charge in [0.05, 0.1) is 18.5 Å². The zero-order valence-corrected chi connectivity index (χ0v) is 12.7. The fraction of sp³-hybridized carbons (Fsp3) is 0.462. The number of benzene rings is 1. The van der Waals surface area contributed by atoms with E-state index in [0.717, 1.165) is 19.2 Å². The van der Waals surface area contributed by atoms with E-state index in [1.165, 1.54) is 6.07 Å². The Kier molecular flexibility index (Phi) is 8.67. The maximum atomic E-state index is 13.8. The van der Waals surface area contributed by atoms with Crippen LogP contribution in [-0.2, 0) is 0 Å². The van der Waals surface area contributed by atoms with Gasteiger partial charge in [-0.2, -0.15) is 5.26 Å². The Morgan fingerprint density at radius 1 is 1.14 bits per heavy atom. The van der Waals surface area contributed by atoms with Gasteiger partial charge < -0.3 is 5.32 Å². The van der Waals surface area contributed by atoms with E-state index in [2.05, 4.69) is 5.32 Å². The third-order valence-corrected chi connectivity index (χ3v) is 3.30. The number of nitrogens with one attached hydrogen (secondary N) is 1. The molecule has 21 heavy (non-hydrogen) atoms. The molecule has 118 valence electrons. The molecule has 1 atom stereocenters. The summed E-state index contributed by atoms with van der Waals surface area (Å²) in [6, 6.07) is 3.56. The quantitative estimate of drug-likeness (QED) is 0.859. The second kappa shape index (κ2) is 9.11. The number of nitrogens with zero attached hydrogens (tertiary/aromatic N) is 2. The minimum Gasteiger partial charge on any atom is -0.314 e. The zero-order chi connectivity index (χ0) is 13.8. The highest BCUT2D eigenvalue weighted by atomic mass is 35.5. The van der Waals surface area contributed by atoms with Crippen molar-refractivity contribution in [3.8, 4) is 6.07 Å². The van der Waals surface area contributed by atoms with Crippen LogP contribution < -0.4 is 5.32 Å². The molecule has 1 aliphatic rings. The van der Waals surface area contributed by atoms with Gasteiger partial charge in [0.25, 0.3) is 0 Å². The van der Waals surface area contributed by atoms with Crippen LogP contribution in [0.1, 0.15) is 18.0 Å². The molecular weight excluding hydrogens is 326 g/mol. The van der Waals surface area contributed by atoms with Crippen molar-refractivity contribution in [2.24, 2.45) is 0 Å². The van der Waals surface area contributed by atoms with Crippen LogP contribution >= 0.6 is 24.8 Å². The molecule has 0 aliphatic carbocycles. The average molecular weight is 342 g/mol. The largest absolute Gasteiger partial charge is 0.314 e. The van der Waals surface area contributed by atoms with Crippen molar-refractivity contribution in [3.63, 3.8) is 0 Å². The Hall–Kier alpha value is -1.00. The van der Waals surface area contributed by atoms with Crippen LogP contribution in [0.4, 0.5) is 13.2 Å². The average Bonchev–Trinajstić information content (AvgIpc) is 2.44. The Morgan fingerprint density at radius 3 is 2.33 bits per heavy atom. The van der Waals surface area contributed by atoms with Gasteiger partial charge in [0.2, 0.25) is 0 Å². The van der Waals surface area contributed by atoms with Crippen LogP contribution in [0.3, 0.4) is 0 Å². The highest BCUT2D eigenvalue weighted by Crippen LogP contribution is 2.28. The molecule has 0 unspecified atom stereocenters. The molecule has 1 aliphatic heterocycles. The van der Waals surface area contributed by atoms with Gasteiger partial charge in [-0.1, -0.05) is 6.07 Å². The van der Waals surface area contributed by atoms with Crippen LogP contribution in [0, 0.1) is 28.8 Å². The molecule has 1 fully saturated rings. The molecule has 1 heterocycles. The fourth-order valence-corrected chi connectivity index (χ4v) is 2.31. The summed E-state index contributed by atoms with van der Waals surface area (Å²) >= 11 is 0. The number of hydrogen-bond donors (Lipinski definition) is 1. The molecule has 1 saturated heterocycles. The van der Waals surface area contributed by atoms with Crippen molar-refractivity contribution in [1.29, 1.82) is 5.26 Å². The SMILES string of the molecule is Cl.Cl.N#CC[C@H](c1ccc(F)c(F)c1F)N1CCNCC1. The summed E-state index contributed by atoms with van der Waals surface area (Å²) in [5.74, 6) is -3.88. The van der Waals surface area contributed by atoms with Crippen LogP contribution in [0.15, 0.2) is 12.1 Å². The number of rotatable bonds is 3. The van der Waals surface area contributed by atoms with E-state index in [9.17, 15) is 13.2 Å². The van der Waals surface area contributed by atoms with Crippen molar-refractivity contribution in [3.05, 3.63) is 35.1 Å². The monoisotopic (exact) mass is 341 g/mol. The molecule has 0 amide bonds. The van der Waals surface area contributed by atoms with Crippen molar-refractivity contribution < 1.29 is 13.2 Å². The van der Waals surface area contributed by atoms with Crippen LogP contribution in [0.2, 0.25) is 0 Å². The maximum Gasteiger partial charge on any atom is 0.194 e. The lowest BCUT2D eigenvalue weighted by Crippen LogP contribution is -2.45. The fourth-order valence-electron chi connectivity index (χ4n) is 2.31. The number of nitriles is 1. The first-order chi connectivity index (χ1) is 9.15. The Morgan fingerprint density at radius 2 is 1.76 bits per heavy atom. The third kappa shape index (κ3) is 4.48. The number of halogens is 5. The molecule has 0 spiro atoms. The molecule has 1 aromatic carbocycles. The smallest absolute Gasteiger partial charge is 0.194 e. The van der Waals surface area contributed by atoms with Crippen LogP contribution in [-0.4, -0.2) is 31.1 Å². The molecule has 0 radical (unpaired) electrons. The number of hydrogen-bond acceptors (Lipinski definition) is 3. The minimum atomic E-state index is -1.48. The van der Waals surface area contributed by atoms with Gasteiger partial charge >= 0.3 is 0 Å². The Balaban J connectivity index is 0.00000200. The molecule has 0 saturated carbocycles. The zero-order valence-electron chi connectivity index (χ0n) is 11.1. The summed E-state index contributed by atoms with van der Waals surface area (Å²) in [7, 11) is 0. The number of piperazine rings is 1. The summed E-state index contributed by atoms with van der Waals surface area (Å²) in [4.78, 5) is 1.91. The van der Waals surface area contributed by atoms with Crippen molar-refractivity contribution in [2.45, 2.75) is 12.5 Å². The Bertz CT molecular complexity index is 502. The molecule has 1 aromatic rings. The predicted molar refractivity (Wildman–Crippen MR) is 78.2 cm³/mol. The summed E-state index contributed by atoms with van der Waals surface area (Å²) in [6.07, 6.45) is 0.0436. The van der Waals surface area contributed by atoms with Gasteiger partial charge in [-0.15, -0.1) is 24.8 Å². The molecule has 3 nitrogen and oxygen atoms in total. The maximum absolute atomic E-state index is 13.8. The van der Waals surface area contributed by atoms with Gasteiger partial charge in [-0.05, 0) is 6.07 Å². The van der Waals surface area contributed by atoms with Gasteiger partial charge in [0.1, 0.15) is 0 Å². The molecule has 0 bridgehead atoms. The van der Waals surface area contributed by atoms with Gasteiger partial charge in [0.15, 0.2) is 17.5 Å². The first-order valence-corrected chi connectivity index (χ1v) is 6.10. The second-order valence-corrected chi connectivity index (χ2v) is 4.43. The first kappa shape index (κ1) is 20.0. The highest BCUT2D eigenvalue weighted by Gasteiger charge is 2.26. The molecular formula is C13H16Cl2F3N3. The van der Waals surface area contributed by atoms with Crippen LogP contribution in [0.5, 0.6) is 0 Å². The van der Waals surface area contributed by atoms with Gasteiger partial charge in [-0.25, -0.2) is 13.2 Å². The summed E-state index contributed by atoms with van der Waals surface area (Å²) in [5.41, 5.74) is 0.0438. The molecule has 2 rings (SSSR count). The lowest BCUT2D eigenvalue weighted by molar-refractivity contribution is 0.171. The summed E-state index contributed by atoms with van der Waals surface area (Å²) in [6.45, 7) is 2.75. The van der Waals surface area contributed by atoms with E-state index < -0.39 is 23.5 Å². The minimum absolute atomic E-state index is 0. The van der Waals surface area contributed by atoms with Crippen molar-refractivity contribution >= 4 is 24.8 Å². The van der Waals surface area contributed by atoms with E-state index in [1.807, 2.05) is 11.0 Å². The standard InChI is InChI=1S/C13H14F3N3.2ClH/c14-10-2-1-9(12(15)13(10)16)11(3-4-17)19-7-5-18-6-8-19;;/h1-2,11,18H,3,5-8H2;2*1H/t11-;;/m1../s1. The van der Waals surface area contributed by atoms with E-state index in [-0.39, 0.29) is 36.8 Å². The summed E-state index contributed by atoms with van der Waals surface area (Å²) < 4.78 is 40.1. The van der Waals surface area contributed by atoms with E-state index >= 15 is 0 Å². The lowest BCUT2D eigenvalue weighted by atomic mass is 10.0. The second-order valence-electron chi connectivity index (χ2n) is 4.43. The normalized spacial score (nSPS) is 16.3. The van der Waals surface area contributed by atoms with Crippen LogP contribution in [0.25, 0.3) is 0 Å². The van der Waals surface area contributed by atoms with Crippen molar-refractivity contribution in [2.75, 3.05) is 26.2 Å². The van der Waals surface area contributed by atoms with E-state index in [1.54, 1.807) is 0 Å². The first-order valence-electron chi connectivity index (χ1n) is 6.10. The van der Waals surface area contributed by atoms with E-state index in [0.29, 0.717) is 13.1 Å². The molecule has 0 aromatic heterocycles. The topological polar surface area (TPSA) is 39.1 Å². The predicted octanol–water partition coefficient (Wildman–Crippen LogP) is 2.81. The Labute approximate surface area is 133 Å². The molecule has 8 heteroatoms. The third-order valence-electron chi connectivity index (χ3n) is 3.30. The summed E-state index contributed by atoms with van der Waals surface area (Å²) in [5, 5.41) is 12.0.